The Balaban J connectivity index is 1.52. The molecule has 0 radical (unpaired) electrons. The number of nitrogens with zero attached hydrogens (tertiary/aromatic N) is 3. The van der Waals surface area contributed by atoms with Gasteiger partial charge < -0.3 is 14.9 Å². The molecule has 2 fully saturated rings. The number of anilines is 1. The van der Waals surface area contributed by atoms with Gasteiger partial charge in [-0.3, -0.25) is 9.69 Å². The number of likely N-dealkylation sites (tertiary alicyclic amines) is 1. The third kappa shape index (κ3) is 3.08. The van der Waals surface area contributed by atoms with Crippen molar-refractivity contribution in [2.45, 2.75) is 19.1 Å². The van der Waals surface area contributed by atoms with Gasteiger partial charge in [0.15, 0.2) is 0 Å². The summed E-state index contributed by atoms with van der Waals surface area (Å²) in [5.74, 6) is -0.126. The molecule has 0 spiro atoms. The zero-order chi connectivity index (χ0) is 15.7. The van der Waals surface area contributed by atoms with Gasteiger partial charge in [-0.1, -0.05) is 0 Å². The van der Waals surface area contributed by atoms with Gasteiger partial charge in [0.2, 0.25) is 5.91 Å². The van der Waals surface area contributed by atoms with Crippen molar-refractivity contribution in [2.75, 3.05) is 44.2 Å². The van der Waals surface area contributed by atoms with E-state index in [0.717, 1.165) is 31.9 Å². The first-order valence-corrected chi connectivity index (χ1v) is 7.76. The van der Waals surface area contributed by atoms with E-state index in [1.807, 2.05) is 6.92 Å². The van der Waals surface area contributed by atoms with Crippen LogP contribution in [0.1, 0.15) is 6.92 Å². The maximum atomic E-state index is 13.0. The van der Waals surface area contributed by atoms with E-state index in [0.29, 0.717) is 13.1 Å². The number of aliphatic hydroxyl groups excluding tert-OH is 1. The van der Waals surface area contributed by atoms with Gasteiger partial charge >= 0.3 is 0 Å². The maximum absolute atomic E-state index is 13.0. The summed E-state index contributed by atoms with van der Waals surface area (Å²) >= 11 is 0. The van der Waals surface area contributed by atoms with E-state index >= 15 is 0 Å². The van der Waals surface area contributed by atoms with Gasteiger partial charge in [0.05, 0.1) is 12.1 Å². The van der Waals surface area contributed by atoms with Gasteiger partial charge in [-0.2, -0.15) is 0 Å². The SMILES string of the molecule is CC(C(=O)N1CC(O)C1)N1CCN(c2ccc(F)cc2)CC1. The fourth-order valence-electron chi connectivity index (χ4n) is 3.07. The molecule has 22 heavy (non-hydrogen) atoms. The average Bonchev–Trinajstić information content (AvgIpc) is 2.51. The minimum Gasteiger partial charge on any atom is -0.389 e. The van der Waals surface area contributed by atoms with Crippen LogP contribution in [0.3, 0.4) is 0 Å². The second-order valence-electron chi connectivity index (χ2n) is 6.07. The van der Waals surface area contributed by atoms with Crippen LogP contribution in [0.5, 0.6) is 0 Å². The molecule has 6 heteroatoms. The molecule has 1 N–H and O–H groups in total. The summed E-state index contributed by atoms with van der Waals surface area (Å²) in [5.41, 5.74) is 1.02. The summed E-state index contributed by atoms with van der Waals surface area (Å²) in [6.07, 6.45) is -0.355. The summed E-state index contributed by atoms with van der Waals surface area (Å²) < 4.78 is 13.0. The molecule has 1 amide bonds. The largest absolute Gasteiger partial charge is 0.389 e. The number of aliphatic hydroxyl groups is 1. The van der Waals surface area contributed by atoms with Crippen LogP contribution in [0.4, 0.5) is 10.1 Å². The molecule has 2 aliphatic heterocycles. The number of halogens is 1. The number of carbonyl (C=O) groups excluding carboxylic acids is 1. The predicted octanol–water partition coefficient (Wildman–Crippen LogP) is 0.539. The van der Waals surface area contributed by atoms with Crippen molar-refractivity contribution in [3.05, 3.63) is 30.1 Å². The van der Waals surface area contributed by atoms with E-state index in [1.165, 1.54) is 12.1 Å². The van der Waals surface area contributed by atoms with E-state index in [2.05, 4.69) is 9.80 Å². The van der Waals surface area contributed by atoms with Crippen LogP contribution in [0.2, 0.25) is 0 Å². The molecule has 2 heterocycles. The molecule has 1 unspecified atom stereocenters. The van der Waals surface area contributed by atoms with Gasteiger partial charge in [0, 0.05) is 45.0 Å². The second-order valence-corrected chi connectivity index (χ2v) is 6.07. The summed E-state index contributed by atoms with van der Waals surface area (Å²) in [6, 6.07) is 6.39. The molecule has 0 saturated carbocycles. The highest BCUT2D eigenvalue weighted by atomic mass is 19.1. The first kappa shape index (κ1) is 15.2. The number of benzene rings is 1. The van der Waals surface area contributed by atoms with Crippen LogP contribution in [0, 0.1) is 5.82 Å². The number of rotatable bonds is 3. The van der Waals surface area contributed by atoms with E-state index in [9.17, 15) is 14.3 Å². The van der Waals surface area contributed by atoms with Crippen LogP contribution in [0.15, 0.2) is 24.3 Å². The molecule has 1 aromatic carbocycles. The van der Waals surface area contributed by atoms with Crippen molar-refractivity contribution in [3.8, 4) is 0 Å². The maximum Gasteiger partial charge on any atom is 0.239 e. The molecule has 2 aliphatic rings. The van der Waals surface area contributed by atoms with Crippen LogP contribution in [0.25, 0.3) is 0 Å². The number of amides is 1. The fourth-order valence-corrected chi connectivity index (χ4v) is 3.07. The second kappa shape index (κ2) is 6.22. The van der Waals surface area contributed by atoms with E-state index in [4.69, 9.17) is 0 Å². The minimum atomic E-state index is -0.355. The molecule has 0 bridgehead atoms. The number of β-amino-alcohol motifs (C(OH)–C–C–N with tert-alkyl or cyclic N) is 1. The van der Waals surface area contributed by atoms with Gasteiger partial charge in [-0.25, -0.2) is 4.39 Å². The third-order valence-electron chi connectivity index (χ3n) is 4.59. The van der Waals surface area contributed by atoms with Gasteiger partial charge in [0.1, 0.15) is 5.82 Å². The average molecular weight is 307 g/mol. The number of hydrogen-bond donors (Lipinski definition) is 1. The zero-order valence-corrected chi connectivity index (χ0v) is 12.8. The monoisotopic (exact) mass is 307 g/mol. The van der Waals surface area contributed by atoms with Crippen LogP contribution in [-0.4, -0.2) is 72.2 Å². The van der Waals surface area contributed by atoms with Gasteiger partial charge in [-0.05, 0) is 31.2 Å². The Hall–Kier alpha value is -1.66. The normalized spacial score (nSPS) is 21.6. The Morgan fingerprint density at radius 1 is 1.18 bits per heavy atom. The highest BCUT2D eigenvalue weighted by Crippen LogP contribution is 2.19. The highest BCUT2D eigenvalue weighted by molar-refractivity contribution is 5.82. The lowest BCUT2D eigenvalue weighted by atomic mass is 10.1. The van der Waals surface area contributed by atoms with Crippen molar-refractivity contribution in [1.82, 2.24) is 9.80 Å². The van der Waals surface area contributed by atoms with Crippen LogP contribution < -0.4 is 4.90 Å². The lowest BCUT2D eigenvalue weighted by molar-refractivity contribution is -0.146. The molecule has 3 rings (SSSR count). The first-order chi connectivity index (χ1) is 10.5. The molecule has 1 atom stereocenters. The number of hydrogen-bond acceptors (Lipinski definition) is 4. The number of piperazine rings is 1. The van der Waals surface area contributed by atoms with Crippen molar-refractivity contribution < 1.29 is 14.3 Å². The smallest absolute Gasteiger partial charge is 0.239 e. The molecule has 5 nitrogen and oxygen atoms in total. The lowest BCUT2D eigenvalue weighted by Gasteiger charge is -2.42. The predicted molar refractivity (Wildman–Crippen MR) is 82.2 cm³/mol. The Labute approximate surface area is 129 Å². The fraction of sp³-hybridized carbons (Fsp3) is 0.562. The number of carbonyl (C=O) groups is 1. The molecule has 0 aliphatic carbocycles. The third-order valence-corrected chi connectivity index (χ3v) is 4.59. The molecular formula is C16H22FN3O2. The Kier molecular flexibility index (Phi) is 4.31. The molecule has 2 saturated heterocycles. The van der Waals surface area contributed by atoms with Gasteiger partial charge in [0.25, 0.3) is 0 Å². The van der Waals surface area contributed by atoms with Crippen LogP contribution in [-0.2, 0) is 4.79 Å². The van der Waals surface area contributed by atoms with Crippen LogP contribution >= 0.6 is 0 Å². The lowest BCUT2D eigenvalue weighted by Crippen LogP contribution is -2.60. The van der Waals surface area contributed by atoms with Crippen molar-refractivity contribution >= 4 is 11.6 Å². The minimum absolute atomic E-state index is 0.0977. The topological polar surface area (TPSA) is 47.0 Å². The Bertz CT molecular complexity index is 523. The first-order valence-electron chi connectivity index (χ1n) is 7.76. The highest BCUT2D eigenvalue weighted by Gasteiger charge is 2.34. The van der Waals surface area contributed by atoms with Gasteiger partial charge in [-0.15, -0.1) is 0 Å². The summed E-state index contributed by atoms with van der Waals surface area (Å²) in [4.78, 5) is 18.4. The van der Waals surface area contributed by atoms with E-state index in [1.54, 1.807) is 17.0 Å². The summed E-state index contributed by atoms with van der Waals surface area (Å²) in [5, 5.41) is 9.30. The van der Waals surface area contributed by atoms with E-state index in [-0.39, 0.29) is 23.9 Å². The Morgan fingerprint density at radius 3 is 2.32 bits per heavy atom. The van der Waals surface area contributed by atoms with Crippen molar-refractivity contribution in [2.24, 2.45) is 0 Å². The Morgan fingerprint density at radius 2 is 1.77 bits per heavy atom. The van der Waals surface area contributed by atoms with Crippen molar-refractivity contribution in [3.63, 3.8) is 0 Å². The molecule has 0 aromatic heterocycles. The molecular weight excluding hydrogens is 285 g/mol. The zero-order valence-electron chi connectivity index (χ0n) is 12.8. The quantitative estimate of drug-likeness (QED) is 0.885. The summed E-state index contributed by atoms with van der Waals surface area (Å²) in [7, 11) is 0. The van der Waals surface area contributed by atoms with Crippen molar-refractivity contribution in [1.29, 1.82) is 0 Å². The molecule has 120 valence electrons. The molecule has 1 aromatic rings. The summed E-state index contributed by atoms with van der Waals surface area (Å²) in [6.45, 7) is 6.11. The standard InChI is InChI=1S/C16H22FN3O2/c1-12(16(22)20-10-15(21)11-20)18-6-8-19(9-7-18)14-4-2-13(17)3-5-14/h2-5,12,15,21H,6-11H2,1H3. The van der Waals surface area contributed by atoms with E-state index < -0.39 is 0 Å².